The van der Waals surface area contributed by atoms with E-state index < -0.39 is 11.7 Å². The lowest BCUT2D eigenvalue weighted by Gasteiger charge is -2.14. The lowest BCUT2D eigenvalue weighted by molar-refractivity contribution is -0.121. The lowest BCUT2D eigenvalue weighted by Crippen LogP contribution is -2.35. The third-order valence-electron chi connectivity index (χ3n) is 2.33. The summed E-state index contributed by atoms with van der Waals surface area (Å²) in [4.78, 5) is 23.4. The first-order valence-electron chi connectivity index (χ1n) is 4.45. The Morgan fingerprint density at radius 2 is 2.27 bits per heavy atom. The summed E-state index contributed by atoms with van der Waals surface area (Å²) in [6.07, 6.45) is -0.00468. The van der Waals surface area contributed by atoms with E-state index in [0.717, 1.165) is 0 Å². The van der Waals surface area contributed by atoms with E-state index in [1.807, 2.05) is 0 Å². The average molecular weight is 208 g/mol. The van der Waals surface area contributed by atoms with Gasteiger partial charge >= 0.3 is 0 Å². The molecule has 4 nitrogen and oxygen atoms in total. The maximum Gasteiger partial charge on any atom is 0.237 e. The Hall–Kier alpha value is -1.91. The van der Waals surface area contributed by atoms with Gasteiger partial charge < -0.3 is 10.6 Å². The van der Waals surface area contributed by atoms with Crippen molar-refractivity contribution < 1.29 is 14.0 Å². The summed E-state index contributed by atoms with van der Waals surface area (Å²) in [5.41, 5.74) is 5.78. The quantitative estimate of drug-likeness (QED) is 0.754. The molecule has 0 radical (unpaired) electrons. The summed E-state index contributed by atoms with van der Waals surface area (Å²) in [5.74, 6) is -1.33. The van der Waals surface area contributed by atoms with Gasteiger partial charge in [0.25, 0.3) is 0 Å². The van der Waals surface area contributed by atoms with Crippen molar-refractivity contribution in [3.05, 3.63) is 29.6 Å². The van der Waals surface area contributed by atoms with Crippen LogP contribution in [-0.2, 0) is 16.0 Å². The van der Waals surface area contributed by atoms with E-state index in [0.29, 0.717) is 11.3 Å². The summed E-state index contributed by atoms with van der Waals surface area (Å²) < 4.78 is 13.3. The number of hydrogen-bond donors (Lipinski definition) is 1. The minimum absolute atomic E-state index is 0.00468. The number of anilines is 1. The number of fused-ring (bicyclic) bond motifs is 1. The van der Waals surface area contributed by atoms with Crippen LogP contribution in [0, 0.1) is 5.82 Å². The summed E-state index contributed by atoms with van der Waals surface area (Å²) >= 11 is 0. The van der Waals surface area contributed by atoms with Crippen LogP contribution in [0.2, 0.25) is 0 Å². The Morgan fingerprint density at radius 1 is 1.53 bits per heavy atom. The molecule has 5 heteroatoms. The SMILES string of the molecule is NC(=O)CN1C(=O)Cc2c(F)cccc21. The van der Waals surface area contributed by atoms with Crippen molar-refractivity contribution in [2.24, 2.45) is 5.73 Å². The second kappa shape index (κ2) is 3.34. The van der Waals surface area contributed by atoms with Gasteiger partial charge in [0.05, 0.1) is 12.1 Å². The Bertz CT molecular complexity index is 445. The van der Waals surface area contributed by atoms with Crippen molar-refractivity contribution in [2.75, 3.05) is 11.4 Å². The monoisotopic (exact) mass is 208 g/mol. The van der Waals surface area contributed by atoms with Crippen LogP contribution in [0.4, 0.5) is 10.1 Å². The standard InChI is InChI=1S/C10H9FN2O2/c11-7-2-1-3-8-6(7)4-10(15)13(8)5-9(12)14/h1-3H,4-5H2,(H2,12,14). The number of hydrogen-bond acceptors (Lipinski definition) is 2. The molecule has 2 N–H and O–H groups in total. The molecule has 0 aromatic heterocycles. The maximum absolute atomic E-state index is 13.3. The van der Waals surface area contributed by atoms with Gasteiger partial charge in [-0.25, -0.2) is 4.39 Å². The van der Waals surface area contributed by atoms with Crippen LogP contribution in [0.5, 0.6) is 0 Å². The lowest BCUT2D eigenvalue weighted by atomic mass is 10.1. The second-order valence-electron chi connectivity index (χ2n) is 3.36. The minimum Gasteiger partial charge on any atom is -0.368 e. The summed E-state index contributed by atoms with van der Waals surface area (Å²) in [6.45, 7) is -0.199. The molecule has 1 aromatic rings. The predicted molar refractivity (Wildman–Crippen MR) is 51.7 cm³/mol. The summed E-state index contributed by atoms with van der Waals surface area (Å²) in [6, 6.07) is 4.40. The van der Waals surface area contributed by atoms with Gasteiger partial charge in [-0.1, -0.05) is 6.07 Å². The molecule has 0 spiro atoms. The normalized spacial score (nSPS) is 14.2. The molecule has 78 valence electrons. The largest absolute Gasteiger partial charge is 0.368 e. The Kier molecular flexibility index (Phi) is 2.15. The molecule has 1 heterocycles. The van der Waals surface area contributed by atoms with Crippen LogP contribution >= 0.6 is 0 Å². The Balaban J connectivity index is 2.41. The van der Waals surface area contributed by atoms with Gasteiger partial charge in [0.15, 0.2) is 0 Å². The number of rotatable bonds is 2. The van der Waals surface area contributed by atoms with Crippen molar-refractivity contribution in [3.8, 4) is 0 Å². The molecule has 1 aromatic carbocycles. The predicted octanol–water partition coefficient (Wildman–Crippen LogP) is 0.200. The van der Waals surface area contributed by atoms with E-state index in [9.17, 15) is 14.0 Å². The molecule has 1 aliphatic heterocycles. The van der Waals surface area contributed by atoms with E-state index in [-0.39, 0.29) is 18.9 Å². The van der Waals surface area contributed by atoms with E-state index in [4.69, 9.17) is 5.73 Å². The molecule has 0 saturated heterocycles. The Morgan fingerprint density at radius 3 is 2.93 bits per heavy atom. The van der Waals surface area contributed by atoms with E-state index in [1.54, 1.807) is 6.07 Å². The van der Waals surface area contributed by atoms with E-state index >= 15 is 0 Å². The highest BCUT2D eigenvalue weighted by molar-refractivity contribution is 6.04. The zero-order valence-electron chi connectivity index (χ0n) is 7.87. The molecule has 2 amide bonds. The van der Waals surface area contributed by atoms with E-state index in [2.05, 4.69) is 0 Å². The van der Waals surface area contributed by atoms with Gasteiger partial charge in [-0.05, 0) is 12.1 Å². The number of carbonyl (C=O) groups excluding carboxylic acids is 2. The first kappa shape index (κ1) is 9.64. The first-order valence-corrected chi connectivity index (χ1v) is 4.45. The summed E-state index contributed by atoms with van der Waals surface area (Å²) in [7, 11) is 0. The van der Waals surface area contributed by atoms with Crippen molar-refractivity contribution in [2.45, 2.75) is 6.42 Å². The van der Waals surface area contributed by atoms with Crippen molar-refractivity contribution >= 4 is 17.5 Å². The molecule has 2 rings (SSSR count). The highest BCUT2D eigenvalue weighted by Gasteiger charge is 2.30. The van der Waals surface area contributed by atoms with Crippen molar-refractivity contribution in [1.29, 1.82) is 0 Å². The van der Waals surface area contributed by atoms with Crippen LogP contribution < -0.4 is 10.6 Å². The molecule has 0 unspecified atom stereocenters. The molecule has 0 saturated carbocycles. The molecular weight excluding hydrogens is 199 g/mol. The van der Waals surface area contributed by atoms with Crippen molar-refractivity contribution in [3.63, 3.8) is 0 Å². The molecule has 0 aliphatic carbocycles. The smallest absolute Gasteiger partial charge is 0.237 e. The van der Waals surface area contributed by atoms with Gasteiger partial charge in [0, 0.05) is 5.56 Å². The van der Waals surface area contributed by atoms with Crippen LogP contribution in [0.15, 0.2) is 18.2 Å². The van der Waals surface area contributed by atoms with Gasteiger partial charge in [0.2, 0.25) is 11.8 Å². The fourth-order valence-electron chi connectivity index (χ4n) is 1.69. The van der Waals surface area contributed by atoms with Crippen LogP contribution in [0.1, 0.15) is 5.56 Å². The highest BCUT2D eigenvalue weighted by atomic mass is 19.1. The van der Waals surface area contributed by atoms with Gasteiger partial charge in [-0.2, -0.15) is 0 Å². The minimum atomic E-state index is -0.611. The number of nitrogens with two attached hydrogens (primary N) is 1. The third-order valence-corrected chi connectivity index (χ3v) is 2.33. The fraction of sp³-hybridized carbons (Fsp3) is 0.200. The highest BCUT2D eigenvalue weighted by Crippen LogP contribution is 2.30. The first-order chi connectivity index (χ1) is 7.09. The third kappa shape index (κ3) is 1.56. The second-order valence-corrected chi connectivity index (χ2v) is 3.36. The van der Waals surface area contributed by atoms with Crippen LogP contribution in [0.3, 0.4) is 0 Å². The zero-order valence-corrected chi connectivity index (χ0v) is 7.87. The van der Waals surface area contributed by atoms with Gasteiger partial charge in [-0.15, -0.1) is 0 Å². The summed E-state index contributed by atoms with van der Waals surface area (Å²) in [5, 5.41) is 0. The zero-order chi connectivity index (χ0) is 11.0. The fourth-order valence-corrected chi connectivity index (χ4v) is 1.69. The van der Waals surface area contributed by atoms with Crippen LogP contribution in [-0.4, -0.2) is 18.4 Å². The van der Waals surface area contributed by atoms with Crippen LogP contribution in [0.25, 0.3) is 0 Å². The van der Waals surface area contributed by atoms with E-state index in [1.165, 1.54) is 17.0 Å². The van der Waals surface area contributed by atoms with Gasteiger partial charge in [0.1, 0.15) is 12.4 Å². The number of halogens is 1. The number of primary amides is 1. The Labute approximate surface area is 85.5 Å². The maximum atomic E-state index is 13.3. The average Bonchev–Trinajstić information content (AvgIpc) is 2.45. The van der Waals surface area contributed by atoms with Crippen molar-refractivity contribution in [1.82, 2.24) is 0 Å². The molecule has 1 aliphatic rings. The molecule has 0 atom stereocenters. The number of carbonyl (C=O) groups is 2. The molecular formula is C10H9FN2O2. The molecule has 15 heavy (non-hydrogen) atoms. The molecule has 0 bridgehead atoms. The molecule has 0 fully saturated rings. The van der Waals surface area contributed by atoms with Gasteiger partial charge in [-0.3, -0.25) is 9.59 Å². The number of amides is 2. The topological polar surface area (TPSA) is 63.4 Å². The number of benzene rings is 1. The number of nitrogens with zero attached hydrogens (tertiary/aromatic N) is 1.